The van der Waals surface area contributed by atoms with E-state index in [1.54, 1.807) is 0 Å². The van der Waals surface area contributed by atoms with E-state index in [0.717, 1.165) is 5.69 Å². The fourth-order valence-electron chi connectivity index (χ4n) is 1.72. The van der Waals surface area contributed by atoms with E-state index in [1.807, 2.05) is 42.5 Å². The maximum Gasteiger partial charge on any atom is 0.171 e. The molecule has 1 atom stereocenters. The predicted molar refractivity (Wildman–Crippen MR) is 85.7 cm³/mol. The Labute approximate surface area is 123 Å². The highest BCUT2D eigenvalue weighted by atomic mass is 35.5. The molecule has 2 N–H and O–H groups in total. The number of benzene rings is 2. The molecule has 0 saturated carbocycles. The van der Waals surface area contributed by atoms with Crippen LogP contribution in [-0.4, -0.2) is 5.11 Å². The normalized spacial score (nSPS) is 11.7. The minimum absolute atomic E-state index is 0.161. The van der Waals surface area contributed by atoms with Gasteiger partial charge in [0.05, 0.1) is 6.04 Å². The number of hydrogen-bond acceptors (Lipinski definition) is 1. The van der Waals surface area contributed by atoms with Crippen LogP contribution in [-0.2, 0) is 0 Å². The molecule has 19 heavy (non-hydrogen) atoms. The molecule has 2 aromatic rings. The van der Waals surface area contributed by atoms with Crippen molar-refractivity contribution in [3.8, 4) is 0 Å². The molecule has 0 saturated heterocycles. The number of halogens is 1. The molecule has 0 aromatic heterocycles. The van der Waals surface area contributed by atoms with Gasteiger partial charge >= 0.3 is 0 Å². The quantitative estimate of drug-likeness (QED) is 0.820. The van der Waals surface area contributed by atoms with Crippen LogP contribution in [0.2, 0.25) is 5.02 Å². The van der Waals surface area contributed by atoms with Crippen molar-refractivity contribution < 1.29 is 0 Å². The summed E-state index contributed by atoms with van der Waals surface area (Å²) >= 11 is 11.1. The minimum atomic E-state index is 0.161. The molecule has 0 aliphatic heterocycles. The van der Waals surface area contributed by atoms with Crippen LogP contribution in [0.1, 0.15) is 18.5 Å². The summed E-state index contributed by atoms with van der Waals surface area (Å²) in [6.45, 7) is 2.07. The van der Waals surface area contributed by atoms with Gasteiger partial charge in [-0.3, -0.25) is 0 Å². The summed E-state index contributed by atoms with van der Waals surface area (Å²) < 4.78 is 0. The molecule has 98 valence electrons. The molecule has 0 radical (unpaired) electrons. The Morgan fingerprint density at radius 1 is 1.05 bits per heavy atom. The fraction of sp³-hybridized carbons (Fsp3) is 0.133. The minimum Gasteiger partial charge on any atom is -0.356 e. The van der Waals surface area contributed by atoms with Crippen molar-refractivity contribution in [3.05, 3.63) is 65.2 Å². The molecule has 0 bridgehead atoms. The van der Waals surface area contributed by atoms with E-state index < -0.39 is 0 Å². The highest BCUT2D eigenvalue weighted by Crippen LogP contribution is 2.14. The molecule has 0 aliphatic carbocycles. The van der Waals surface area contributed by atoms with Gasteiger partial charge in [-0.1, -0.05) is 41.9 Å². The number of thiocarbonyl (C=S) groups is 1. The van der Waals surface area contributed by atoms with E-state index in [1.165, 1.54) is 5.56 Å². The summed E-state index contributed by atoms with van der Waals surface area (Å²) in [4.78, 5) is 0. The smallest absolute Gasteiger partial charge is 0.171 e. The lowest BCUT2D eigenvalue weighted by molar-refractivity contribution is 0.722. The molecule has 0 spiro atoms. The fourth-order valence-corrected chi connectivity index (χ4v) is 2.14. The summed E-state index contributed by atoms with van der Waals surface area (Å²) in [5.41, 5.74) is 2.12. The second kappa shape index (κ2) is 6.55. The second-order valence-electron chi connectivity index (χ2n) is 4.24. The topological polar surface area (TPSA) is 24.1 Å². The van der Waals surface area contributed by atoms with E-state index in [2.05, 4.69) is 29.7 Å². The van der Waals surface area contributed by atoms with Gasteiger partial charge in [0, 0.05) is 10.7 Å². The Hall–Kier alpha value is -1.58. The first-order valence-corrected chi connectivity index (χ1v) is 6.82. The summed E-state index contributed by atoms with van der Waals surface area (Å²) in [5.74, 6) is 0. The van der Waals surface area contributed by atoms with Crippen molar-refractivity contribution in [1.29, 1.82) is 0 Å². The van der Waals surface area contributed by atoms with Crippen LogP contribution >= 0.6 is 23.8 Å². The second-order valence-corrected chi connectivity index (χ2v) is 5.08. The van der Waals surface area contributed by atoms with Gasteiger partial charge in [0.15, 0.2) is 5.11 Å². The maximum atomic E-state index is 5.84. The average Bonchev–Trinajstić information content (AvgIpc) is 2.42. The lowest BCUT2D eigenvalue weighted by Crippen LogP contribution is -2.30. The molecule has 4 heteroatoms. The Bertz CT molecular complexity index is 540. The third kappa shape index (κ3) is 4.23. The first-order valence-electron chi connectivity index (χ1n) is 6.03. The van der Waals surface area contributed by atoms with Gasteiger partial charge in [0.1, 0.15) is 0 Å². The summed E-state index contributed by atoms with van der Waals surface area (Å²) in [5, 5.41) is 7.68. The predicted octanol–water partition coefficient (Wildman–Crippen LogP) is 4.39. The first-order chi connectivity index (χ1) is 9.15. The van der Waals surface area contributed by atoms with Crippen LogP contribution in [0, 0.1) is 0 Å². The Kier molecular flexibility index (Phi) is 4.77. The number of hydrogen-bond donors (Lipinski definition) is 2. The van der Waals surface area contributed by atoms with Crippen LogP contribution in [0.5, 0.6) is 0 Å². The lowest BCUT2D eigenvalue weighted by Gasteiger charge is -2.17. The summed E-state index contributed by atoms with van der Waals surface area (Å²) in [6.07, 6.45) is 0. The summed E-state index contributed by atoms with van der Waals surface area (Å²) in [7, 11) is 0. The van der Waals surface area contributed by atoms with E-state index in [-0.39, 0.29) is 6.04 Å². The third-order valence-electron chi connectivity index (χ3n) is 2.75. The van der Waals surface area contributed by atoms with Crippen LogP contribution in [0.15, 0.2) is 54.6 Å². The molecule has 2 rings (SSSR count). The monoisotopic (exact) mass is 290 g/mol. The maximum absolute atomic E-state index is 5.84. The van der Waals surface area contributed by atoms with Crippen molar-refractivity contribution in [3.63, 3.8) is 0 Å². The number of anilines is 1. The molecule has 0 unspecified atom stereocenters. The molecule has 0 fully saturated rings. The largest absolute Gasteiger partial charge is 0.356 e. The Balaban J connectivity index is 1.93. The Morgan fingerprint density at radius 2 is 1.68 bits per heavy atom. The highest BCUT2D eigenvalue weighted by Gasteiger charge is 2.06. The van der Waals surface area contributed by atoms with Crippen LogP contribution in [0.4, 0.5) is 5.69 Å². The van der Waals surface area contributed by atoms with Crippen molar-refractivity contribution in [2.45, 2.75) is 13.0 Å². The Morgan fingerprint density at radius 3 is 2.32 bits per heavy atom. The van der Waals surface area contributed by atoms with E-state index in [9.17, 15) is 0 Å². The SMILES string of the molecule is C[C@H](NC(=S)Nc1ccc(Cl)cc1)c1ccccc1. The molecule has 0 aliphatic rings. The van der Waals surface area contributed by atoms with E-state index in [0.29, 0.717) is 10.1 Å². The molecule has 0 amide bonds. The van der Waals surface area contributed by atoms with E-state index >= 15 is 0 Å². The van der Waals surface area contributed by atoms with Crippen LogP contribution in [0.25, 0.3) is 0 Å². The van der Waals surface area contributed by atoms with Gasteiger partial charge in [-0.15, -0.1) is 0 Å². The van der Waals surface area contributed by atoms with Crippen molar-refractivity contribution in [2.75, 3.05) is 5.32 Å². The lowest BCUT2D eigenvalue weighted by atomic mass is 10.1. The molecule has 2 aromatic carbocycles. The average molecular weight is 291 g/mol. The van der Waals surface area contributed by atoms with E-state index in [4.69, 9.17) is 23.8 Å². The zero-order valence-corrected chi connectivity index (χ0v) is 12.1. The standard InChI is InChI=1S/C15H15ClN2S/c1-11(12-5-3-2-4-6-12)17-15(19)18-14-9-7-13(16)8-10-14/h2-11H,1H3,(H2,17,18,19)/t11-/m0/s1. The highest BCUT2D eigenvalue weighted by molar-refractivity contribution is 7.80. The molecular weight excluding hydrogens is 276 g/mol. The van der Waals surface area contributed by atoms with Crippen LogP contribution in [0.3, 0.4) is 0 Å². The zero-order chi connectivity index (χ0) is 13.7. The van der Waals surface area contributed by atoms with Gasteiger partial charge < -0.3 is 10.6 Å². The third-order valence-corrected chi connectivity index (χ3v) is 3.22. The van der Waals surface area contributed by atoms with Gasteiger partial charge in [-0.05, 0) is 49.0 Å². The van der Waals surface area contributed by atoms with Crippen molar-refractivity contribution in [1.82, 2.24) is 5.32 Å². The van der Waals surface area contributed by atoms with Crippen molar-refractivity contribution >= 4 is 34.6 Å². The molecular formula is C15H15ClN2S. The van der Waals surface area contributed by atoms with Gasteiger partial charge in [0.25, 0.3) is 0 Å². The van der Waals surface area contributed by atoms with Gasteiger partial charge in [-0.25, -0.2) is 0 Å². The zero-order valence-electron chi connectivity index (χ0n) is 10.6. The first kappa shape index (κ1) is 13.8. The molecule has 0 heterocycles. The number of rotatable bonds is 3. The molecule has 2 nitrogen and oxygen atoms in total. The van der Waals surface area contributed by atoms with Gasteiger partial charge in [-0.2, -0.15) is 0 Å². The van der Waals surface area contributed by atoms with Crippen molar-refractivity contribution in [2.24, 2.45) is 0 Å². The number of nitrogens with one attached hydrogen (secondary N) is 2. The van der Waals surface area contributed by atoms with Crippen LogP contribution < -0.4 is 10.6 Å². The van der Waals surface area contributed by atoms with Gasteiger partial charge in [0.2, 0.25) is 0 Å². The summed E-state index contributed by atoms with van der Waals surface area (Å²) in [6, 6.07) is 17.8.